The molecule has 2 aromatic carbocycles. The number of carbonyl (C=O) groups excluding carboxylic acids is 2. The minimum atomic E-state index is -0.360. The van der Waals surface area contributed by atoms with Crippen molar-refractivity contribution < 1.29 is 9.59 Å². The summed E-state index contributed by atoms with van der Waals surface area (Å²) in [7, 11) is 0. The van der Waals surface area contributed by atoms with Crippen LogP contribution in [0.1, 0.15) is 12.0 Å². The summed E-state index contributed by atoms with van der Waals surface area (Å²) < 4.78 is 0. The van der Waals surface area contributed by atoms with Gasteiger partial charge in [-0.1, -0.05) is 35.9 Å². The fraction of sp³-hybridized carbons (Fsp3) is 0.222. The lowest BCUT2D eigenvalue weighted by Crippen LogP contribution is -2.28. The Hall–Kier alpha value is -2.33. The molecule has 1 fully saturated rings. The Balaban J connectivity index is 1.72. The van der Waals surface area contributed by atoms with Crippen LogP contribution in [0.25, 0.3) is 0 Å². The highest BCUT2D eigenvalue weighted by atomic mass is 35.5. The zero-order valence-corrected chi connectivity index (χ0v) is 13.5. The van der Waals surface area contributed by atoms with Gasteiger partial charge in [-0.15, -0.1) is 0 Å². The molecule has 2 amide bonds. The normalized spacial score (nSPS) is 17.4. The highest BCUT2D eigenvalue weighted by Gasteiger charge is 2.35. The topological polar surface area (TPSA) is 49.4 Å². The molecule has 1 aliphatic heterocycles. The van der Waals surface area contributed by atoms with Crippen LogP contribution >= 0.6 is 11.6 Å². The van der Waals surface area contributed by atoms with Crippen LogP contribution in [0.5, 0.6) is 0 Å². The number of benzene rings is 2. The highest BCUT2D eigenvalue weighted by Crippen LogP contribution is 2.28. The van der Waals surface area contributed by atoms with Crippen molar-refractivity contribution >= 4 is 34.8 Å². The molecule has 23 heavy (non-hydrogen) atoms. The van der Waals surface area contributed by atoms with Gasteiger partial charge in [0.25, 0.3) is 0 Å². The summed E-state index contributed by atoms with van der Waals surface area (Å²) in [5.74, 6) is -0.546. The highest BCUT2D eigenvalue weighted by molar-refractivity contribution is 6.31. The fourth-order valence-corrected chi connectivity index (χ4v) is 2.91. The third-order valence-corrected chi connectivity index (χ3v) is 4.25. The molecule has 1 heterocycles. The number of halogens is 1. The second-order valence-electron chi connectivity index (χ2n) is 5.69. The number of nitrogens with one attached hydrogen (secondary N) is 1. The number of aryl methyl sites for hydroxylation is 1. The molecule has 0 spiro atoms. The Morgan fingerprint density at radius 3 is 2.74 bits per heavy atom. The molecule has 118 valence electrons. The zero-order chi connectivity index (χ0) is 16.4. The summed E-state index contributed by atoms with van der Waals surface area (Å²) in [5.41, 5.74) is 2.51. The first kappa shape index (κ1) is 15.6. The van der Waals surface area contributed by atoms with Crippen LogP contribution in [-0.2, 0) is 9.59 Å². The fourth-order valence-electron chi connectivity index (χ4n) is 2.72. The van der Waals surface area contributed by atoms with Crippen LogP contribution in [0.4, 0.5) is 11.4 Å². The van der Waals surface area contributed by atoms with Gasteiger partial charge in [0.1, 0.15) is 0 Å². The molecule has 4 nitrogen and oxygen atoms in total. The Kier molecular flexibility index (Phi) is 4.35. The minimum absolute atomic E-state index is 0.0581. The van der Waals surface area contributed by atoms with Crippen LogP contribution < -0.4 is 10.2 Å². The molecule has 0 aliphatic carbocycles. The lowest BCUT2D eigenvalue weighted by molar-refractivity contribution is -0.122. The molecule has 1 saturated heterocycles. The summed E-state index contributed by atoms with van der Waals surface area (Å²) in [4.78, 5) is 26.3. The van der Waals surface area contributed by atoms with E-state index in [-0.39, 0.29) is 24.2 Å². The summed E-state index contributed by atoms with van der Waals surface area (Å²) in [6.07, 6.45) is 0.213. The van der Waals surface area contributed by atoms with Crippen molar-refractivity contribution in [2.45, 2.75) is 13.3 Å². The Morgan fingerprint density at radius 2 is 2.00 bits per heavy atom. The van der Waals surface area contributed by atoms with Crippen molar-refractivity contribution in [2.75, 3.05) is 16.8 Å². The predicted octanol–water partition coefficient (Wildman–Crippen LogP) is 3.64. The number of hydrogen-bond donors (Lipinski definition) is 1. The van der Waals surface area contributed by atoms with Gasteiger partial charge < -0.3 is 10.2 Å². The van der Waals surface area contributed by atoms with Crippen molar-refractivity contribution in [3.63, 3.8) is 0 Å². The van der Waals surface area contributed by atoms with E-state index in [9.17, 15) is 9.59 Å². The summed E-state index contributed by atoms with van der Waals surface area (Å²) in [5, 5.41) is 3.48. The molecule has 3 rings (SSSR count). The number of amides is 2. The third-order valence-electron chi connectivity index (χ3n) is 4.02. The Morgan fingerprint density at radius 1 is 1.22 bits per heavy atom. The number of para-hydroxylation sites is 1. The first-order chi connectivity index (χ1) is 11.0. The van der Waals surface area contributed by atoms with E-state index < -0.39 is 0 Å². The SMILES string of the molecule is Cc1ccccc1NC(=O)[C@H]1CC(=O)N(c2cccc(Cl)c2)C1. The lowest BCUT2D eigenvalue weighted by atomic mass is 10.1. The van der Waals surface area contributed by atoms with Crippen LogP contribution in [0.3, 0.4) is 0 Å². The number of hydrogen-bond acceptors (Lipinski definition) is 2. The van der Waals surface area contributed by atoms with Crippen molar-refractivity contribution in [1.82, 2.24) is 0 Å². The van der Waals surface area contributed by atoms with E-state index >= 15 is 0 Å². The first-order valence-corrected chi connectivity index (χ1v) is 7.85. The molecule has 5 heteroatoms. The van der Waals surface area contributed by atoms with Crippen LogP contribution in [-0.4, -0.2) is 18.4 Å². The second kappa shape index (κ2) is 6.42. The minimum Gasteiger partial charge on any atom is -0.326 e. The Bertz CT molecular complexity index is 760. The van der Waals surface area contributed by atoms with Crippen molar-refractivity contribution in [2.24, 2.45) is 5.92 Å². The van der Waals surface area contributed by atoms with Gasteiger partial charge in [0, 0.05) is 29.4 Å². The van der Waals surface area contributed by atoms with Crippen molar-refractivity contribution in [3.05, 3.63) is 59.1 Å². The number of nitrogens with zero attached hydrogens (tertiary/aromatic N) is 1. The molecule has 0 unspecified atom stereocenters. The van der Waals surface area contributed by atoms with Gasteiger partial charge in [-0.05, 0) is 36.8 Å². The van der Waals surface area contributed by atoms with Gasteiger partial charge >= 0.3 is 0 Å². The van der Waals surface area contributed by atoms with E-state index in [4.69, 9.17) is 11.6 Å². The predicted molar refractivity (Wildman–Crippen MR) is 91.7 cm³/mol. The van der Waals surface area contributed by atoms with E-state index in [0.717, 1.165) is 16.9 Å². The van der Waals surface area contributed by atoms with E-state index in [1.807, 2.05) is 37.3 Å². The molecular weight excluding hydrogens is 312 g/mol. The average molecular weight is 329 g/mol. The second-order valence-corrected chi connectivity index (χ2v) is 6.13. The van der Waals surface area contributed by atoms with E-state index in [1.54, 1.807) is 23.1 Å². The number of anilines is 2. The van der Waals surface area contributed by atoms with Crippen molar-refractivity contribution in [1.29, 1.82) is 0 Å². The van der Waals surface area contributed by atoms with Crippen LogP contribution in [0.2, 0.25) is 5.02 Å². The maximum atomic E-state index is 12.4. The van der Waals surface area contributed by atoms with Gasteiger partial charge in [0.2, 0.25) is 11.8 Å². The molecule has 0 radical (unpaired) electrons. The van der Waals surface area contributed by atoms with Gasteiger partial charge in [-0.3, -0.25) is 9.59 Å². The number of rotatable bonds is 3. The summed E-state index contributed by atoms with van der Waals surface area (Å²) in [6.45, 7) is 2.31. The van der Waals surface area contributed by atoms with E-state index in [0.29, 0.717) is 11.6 Å². The molecule has 0 aromatic heterocycles. The number of carbonyl (C=O) groups is 2. The molecule has 0 bridgehead atoms. The van der Waals surface area contributed by atoms with Crippen LogP contribution in [0, 0.1) is 12.8 Å². The van der Waals surface area contributed by atoms with E-state index in [1.165, 1.54) is 0 Å². The Labute approximate surface area is 140 Å². The first-order valence-electron chi connectivity index (χ1n) is 7.47. The zero-order valence-electron chi connectivity index (χ0n) is 12.8. The molecule has 2 aromatic rings. The summed E-state index contributed by atoms with van der Waals surface area (Å²) >= 11 is 5.98. The molecular formula is C18H17ClN2O2. The van der Waals surface area contributed by atoms with Crippen molar-refractivity contribution in [3.8, 4) is 0 Å². The van der Waals surface area contributed by atoms with Gasteiger partial charge in [-0.2, -0.15) is 0 Å². The van der Waals surface area contributed by atoms with E-state index in [2.05, 4.69) is 5.32 Å². The molecule has 1 atom stereocenters. The lowest BCUT2D eigenvalue weighted by Gasteiger charge is -2.17. The molecule has 0 saturated carbocycles. The van der Waals surface area contributed by atoms with Gasteiger partial charge in [0.15, 0.2) is 0 Å². The molecule has 1 aliphatic rings. The monoisotopic (exact) mass is 328 g/mol. The van der Waals surface area contributed by atoms with Crippen LogP contribution in [0.15, 0.2) is 48.5 Å². The third kappa shape index (κ3) is 3.37. The quantitative estimate of drug-likeness (QED) is 0.935. The van der Waals surface area contributed by atoms with Gasteiger partial charge in [-0.25, -0.2) is 0 Å². The smallest absolute Gasteiger partial charge is 0.229 e. The summed E-state index contributed by atoms with van der Waals surface area (Å²) in [6, 6.07) is 14.7. The molecule has 1 N–H and O–H groups in total. The standard InChI is InChI=1S/C18H17ClN2O2/c1-12-5-2-3-8-16(12)20-18(23)13-9-17(22)21(11-13)15-7-4-6-14(19)10-15/h2-8,10,13H,9,11H2,1H3,(H,20,23)/t13-/m0/s1. The average Bonchev–Trinajstić information content (AvgIpc) is 2.92. The maximum absolute atomic E-state index is 12.4. The largest absolute Gasteiger partial charge is 0.326 e. The van der Waals surface area contributed by atoms with Gasteiger partial charge in [0.05, 0.1) is 5.92 Å². The maximum Gasteiger partial charge on any atom is 0.229 e.